The number of nitriles is 2. The summed E-state index contributed by atoms with van der Waals surface area (Å²) in [6, 6.07) is 17.7. The number of oxazole rings is 1. The van der Waals surface area contributed by atoms with E-state index in [2.05, 4.69) is 22.1 Å². The van der Waals surface area contributed by atoms with Gasteiger partial charge in [0.25, 0.3) is 0 Å². The van der Waals surface area contributed by atoms with E-state index in [0.29, 0.717) is 39.3 Å². The maximum atomic E-state index is 13.2. The highest BCUT2D eigenvalue weighted by atomic mass is 32.2. The average molecular weight is 548 g/mol. The largest absolute Gasteiger partial charge is 0.441 e. The Morgan fingerprint density at radius 2 is 1.46 bits per heavy atom. The van der Waals surface area contributed by atoms with Gasteiger partial charge in [-0.15, -0.1) is 0 Å². The van der Waals surface area contributed by atoms with Gasteiger partial charge in [-0.1, -0.05) is 55.4 Å². The molecular formula is C29H30FN5O3S. The fourth-order valence-corrected chi connectivity index (χ4v) is 4.32. The number of hydrogen-bond donors (Lipinski definition) is 3. The molecule has 0 aliphatic heterocycles. The van der Waals surface area contributed by atoms with Crippen molar-refractivity contribution in [1.82, 2.24) is 9.97 Å². The third-order valence-electron chi connectivity index (χ3n) is 5.19. The minimum atomic E-state index is -0.337. The van der Waals surface area contributed by atoms with E-state index in [1.165, 1.54) is 23.9 Å². The number of nitrogens with zero attached hydrogens (tertiary/aromatic N) is 4. The van der Waals surface area contributed by atoms with Crippen LogP contribution in [0.2, 0.25) is 0 Å². The zero-order valence-corrected chi connectivity index (χ0v) is 23.0. The molecule has 0 spiro atoms. The molecule has 2 aromatic heterocycles. The van der Waals surface area contributed by atoms with Crippen molar-refractivity contribution in [2.24, 2.45) is 0 Å². The van der Waals surface area contributed by atoms with Gasteiger partial charge in [0.05, 0.1) is 24.5 Å². The van der Waals surface area contributed by atoms with E-state index in [0.717, 1.165) is 11.1 Å². The van der Waals surface area contributed by atoms with Gasteiger partial charge in [0.2, 0.25) is 5.89 Å². The first kappa shape index (κ1) is 31.0. The molecule has 4 rings (SSSR count). The molecule has 202 valence electrons. The smallest absolute Gasteiger partial charge is 0.226 e. The van der Waals surface area contributed by atoms with E-state index >= 15 is 0 Å². The van der Waals surface area contributed by atoms with Gasteiger partial charge in [0.1, 0.15) is 40.1 Å². The molecule has 0 amide bonds. The molecule has 4 aromatic rings. The van der Waals surface area contributed by atoms with Gasteiger partial charge < -0.3 is 20.4 Å². The number of nitrogens with two attached hydrogens (primary N) is 1. The molecule has 0 fully saturated rings. The summed E-state index contributed by atoms with van der Waals surface area (Å²) in [6.45, 7) is 7.50. The maximum absolute atomic E-state index is 13.2. The predicted octanol–water partition coefficient (Wildman–Crippen LogP) is 5.77. The van der Waals surface area contributed by atoms with Crippen molar-refractivity contribution < 1.29 is 19.0 Å². The van der Waals surface area contributed by atoms with Crippen LogP contribution in [-0.4, -0.2) is 33.4 Å². The molecule has 8 nitrogen and oxygen atoms in total. The lowest BCUT2D eigenvalue weighted by molar-refractivity contribution is 0.186. The Hall–Kier alpha value is -4.22. The first-order valence-electron chi connectivity index (χ1n) is 12.1. The summed E-state index contributed by atoms with van der Waals surface area (Å²) in [4.78, 5) is 8.86. The Bertz CT molecular complexity index is 1460. The first-order valence-corrected chi connectivity index (χ1v) is 13.1. The molecule has 4 N–H and O–H groups in total. The van der Waals surface area contributed by atoms with Gasteiger partial charge in [0, 0.05) is 16.9 Å². The summed E-state index contributed by atoms with van der Waals surface area (Å²) in [7, 11) is 0. The summed E-state index contributed by atoms with van der Waals surface area (Å²) in [6.07, 6.45) is 0. The second-order valence-electron chi connectivity index (χ2n) is 7.78. The lowest BCUT2D eigenvalue weighted by Crippen LogP contribution is -2.03. The predicted molar refractivity (Wildman–Crippen MR) is 150 cm³/mol. The monoisotopic (exact) mass is 547 g/mol. The van der Waals surface area contributed by atoms with E-state index in [1.807, 2.05) is 45.0 Å². The minimum Gasteiger partial charge on any atom is -0.441 e. The van der Waals surface area contributed by atoms with E-state index < -0.39 is 0 Å². The molecular weight excluding hydrogens is 517 g/mol. The zero-order valence-electron chi connectivity index (χ0n) is 22.2. The fraction of sp³-hybridized carbons (Fsp3) is 0.241. The number of pyridine rings is 1. The van der Waals surface area contributed by atoms with Crippen molar-refractivity contribution in [2.75, 3.05) is 18.9 Å². The first-order chi connectivity index (χ1) is 18.8. The number of nitrogen functional groups attached to an aromatic ring is 1. The highest BCUT2D eigenvalue weighted by Gasteiger charge is 2.21. The van der Waals surface area contributed by atoms with Crippen molar-refractivity contribution in [3.05, 3.63) is 82.5 Å². The molecule has 0 aliphatic rings. The molecule has 0 saturated heterocycles. The van der Waals surface area contributed by atoms with Gasteiger partial charge in [-0.2, -0.15) is 10.5 Å². The van der Waals surface area contributed by atoms with Crippen molar-refractivity contribution in [1.29, 1.82) is 10.5 Å². The standard InChI is InChI=1S/C25H18FN5OS.C2H6O2.C2H6/c1-14-3-5-16(6-4-14)22-19(11-27)23(29)31-25(20(22)12-28)33-13-21-15(2)32-24(30-21)17-7-9-18(26)10-8-17;3-1-2-4;1-2/h3-10H,13H2,1-2H3,(H2,29,31);3-4H,1-2H2;1-2H3. The van der Waals surface area contributed by atoms with Crippen LogP contribution in [-0.2, 0) is 5.75 Å². The molecule has 0 bridgehead atoms. The number of benzene rings is 2. The summed E-state index contributed by atoms with van der Waals surface area (Å²) in [5, 5.41) is 35.3. The van der Waals surface area contributed by atoms with Crippen LogP contribution >= 0.6 is 11.8 Å². The number of aliphatic hydroxyl groups is 2. The topological polar surface area (TPSA) is 153 Å². The van der Waals surface area contributed by atoms with Crippen molar-refractivity contribution in [2.45, 2.75) is 38.5 Å². The van der Waals surface area contributed by atoms with Crippen LogP contribution < -0.4 is 5.73 Å². The Balaban J connectivity index is 0.000000815. The number of hydrogen-bond acceptors (Lipinski definition) is 9. The molecule has 2 aromatic carbocycles. The summed E-state index contributed by atoms with van der Waals surface area (Å²) >= 11 is 1.29. The van der Waals surface area contributed by atoms with Gasteiger partial charge in [0.15, 0.2) is 0 Å². The van der Waals surface area contributed by atoms with Crippen LogP contribution in [0.5, 0.6) is 0 Å². The molecule has 2 heterocycles. The molecule has 0 saturated carbocycles. The van der Waals surface area contributed by atoms with Crippen LogP contribution in [0.15, 0.2) is 58.0 Å². The summed E-state index contributed by atoms with van der Waals surface area (Å²) < 4.78 is 19.0. The van der Waals surface area contributed by atoms with E-state index in [9.17, 15) is 14.9 Å². The molecule has 0 radical (unpaired) electrons. The second-order valence-corrected chi connectivity index (χ2v) is 8.75. The highest BCUT2D eigenvalue weighted by Crippen LogP contribution is 2.37. The number of halogens is 1. The second kappa shape index (κ2) is 15.3. The molecule has 39 heavy (non-hydrogen) atoms. The number of rotatable bonds is 6. The Morgan fingerprint density at radius 1 is 0.897 bits per heavy atom. The Kier molecular flexibility index (Phi) is 12.1. The number of aryl methyl sites for hydroxylation is 2. The lowest BCUT2D eigenvalue weighted by Gasteiger charge is -2.13. The number of aliphatic hydroxyl groups excluding tert-OH is 2. The fourth-order valence-electron chi connectivity index (χ4n) is 3.33. The van der Waals surface area contributed by atoms with E-state index in [-0.39, 0.29) is 36.0 Å². The van der Waals surface area contributed by atoms with Crippen LogP contribution in [0, 0.1) is 42.3 Å². The normalized spacial score (nSPS) is 9.87. The van der Waals surface area contributed by atoms with E-state index in [1.54, 1.807) is 19.1 Å². The number of anilines is 1. The highest BCUT2D eigenvalue weighted by molar-refractivity contribution is 7.98. The molecule has 0 atom stereocenters. The van der Waals surface area contributed by atoms with Gasteiger partial charge >= 0.3 is 0 Å². The van der Waals surface area contributed by atoms with Crippen molar-refractivity contribution in [3.8, 4) is 34.7 Å². The molecule has 10 heteroatoms. The average Bonchev–Trinajstić information content (AvgIpc) is 3.33. The number of thioether (sulfide) groups is 1. The zero-order chi connectivity index (χ0) is 28.9. The Labute approximate surface area is 231 Å². The molecule has 0 unspecified atom stereocenters. The quantitative estimate of drug-likeness (QED) is 0.255. The lowest BCUT2D eigenvalue weighted by atomic mass is 9.96. The van der Waals surface area contributed by atoms with Gasteiger partial charge in [-0.3, -0.25) is 0 Å². The molecule has 0 aliphatic carbocycles. The van der Waals surface area contributed by atoms with Crippen molar-refractivity contribution >= 4 is 17.6 Å². The van der Waals surface area contributed by atoms with Crippen LogP contribution in [0.25, 0.3) is 22.6 Å². The minimum absolute atomic E-state index is 0.0680. The summed E-state index contributed by atoms with van der Waals surface area (Å²) in [5.41, 5.74) is 10.1. The maximum Gasteiger partial charge on any atom is 0.226 e. The van der Waals surface area contributed by atoms with Crippen molar-refractivity contribution in [3.63, 3.8) is 0 Å². The van der Waals surface area contributed by atoms with Crippen LogP contribution in [0.1, 0.15) is 42.0 Å². The SMILES string of the molecule is CC.Cc1ccc(-c2c(C#N)c(N)nc(SCc3nc(-c4ccc(F)cc4)oc3C)c2C#N)cc1.OCCO. The summed E-state index contributed by atoms with van der Waals surface area (Å²) in [5.74, 6) is 1.10. The Morgan fingerprint density at radius 3 is 2.00 bits per heavy atom. The number of aromatic nitrogens is 2. The third-order valence-corrected chi connectivity index (χ3v) is 6.17. The van der Waals surface area contributed by atoms with Gasteiger partial charge in [-0.05, 0) is 43.7 Å². The van der Waals surface area contributed by atoms with Crippen LogP contribution in [0.4, 0.5) is 10.2 Å². The van der Waals surface area contributed by atoms with E-state index in [4.69, 9.17) is 20.4 Å². The third kappa shape index (κ3) is 7.88. The van der Waals surface area contributed by atoms with Crippen LogP contribution in [0.3, 0.4) is 0 Å². The van der Waals surface area contributed by atoms with Gasteiger partial charge in [-0.25, -0.2) is 14.4 Å².